The number of likely N-dealkylation sites (tertiary alicyclic amines) is 1. The molecule has 0 aromatic carbocycles. The minimum absolute atomic E-state index is 0.367. The summed E-state index contributed by atoms with van der Waals surface area (Å²) < 4.78 is 0. The summed E-state index contributed by atoms with van der Waals surface area (Å²) in [6.07, 6.45) is 6.99. The summed E-state index contributed by atoms with van der Waals surface area (Å²) in [6, 6.07) is 0. The molecule has 17 heavy (non-hydrogen) atoms. The second kappa shape index (κ2) is 5.27. The normalized spacial score (nSPS) is 45.5. The van der Waals surface area contributed by atoms with Crippen LogP contribution in [0.3, 0.4) is 0 Å². The van der Waals surface area contributed by atoms with E-state index in [9.17, 15) is 5.11 Å². The minimum Gasteiger partial charge on any atom is -0.390 e. The molecule has 0 radical (unpaired) electrons. The van der Waals surface area contributed by atoms with E-state index in [1.807, 2.05) is 0 Å². The van der Waals surface area contributed by atoms with E-state index >= 15 is 0 Å². The molecule has 2 nitrogen and oxygen atoms in total. The van der Waals surface area contributed by atoms with Crippen molar-refractivity contribution in [3.05, 3.63) is 0 Å². The smallest absolute Gasteiger partial charge is 0.0688 e. The van der Waals surface area contributed by atoms with Crippen molar-refractivity contribution in [1.29, 1.82) is 0 Å². The molecule has 1 aliphatic carbocycles. The lowest BCUT2D eigenvalue weighted by Gasteiger charge is -2.42. The molecular weight excluding hydrogens is 210 g/mol. The van der Waals surface area contributed by atoms with E-state index in [1.54, 1.807) is 0 Å². The summed E-state index contributed by atoms with van der Waals surface area (Å²) >= 11 is 0. The van der Waals surface area contributed by atoms with Crippen molar-refractivity contribution in [3.63, 3.8) is 0 Å². The van der Waals surface area contributed by atoms with E-state index in [1.165, 1.54) is 19.3 Å². The Balaban J connectivity index is 2.03. The number of nitrogens with zero attached hydrogens (tertiary/aromatic N) is 1. The largest absolute Gasteiger partial charge is 0.390 e. The van der Waals surface area contributed by atoms with Gasteiger partial charge in [0.25, 0.3) is 0 Å². The highest BCUT2D eigenvalue weighted by atomic mass is 16.3. The van der Waals surface area contributed by atoms with Gasteiger partial charge in [0.2, 0.25) is 0 Å². The Morgan fingerprint density at radius 3 is 2.29 bits per heavy atom. The van der Waals surface area contributed by atoms with Crippen LogP contribution in [-0.2, 0) is 0 Å². The van der Waals surface area contributed by atoms with Gasteiger partial charge < -0.3 is 10.0 Å². The van der Waals surface area contributed by atoms with Gasteiger partial charge in [0.05, 0.1) is 5.60 Å². The molecule has 1 heterocycles. The molecule has 2 fully saturated rings. The number of hydrogen-bond donors (Lipinski definition) is 1. The highest BCUT2D eigenvalue weighted by Crippen LogP contribution is 2.42. The monoisotopic (exact) mass is 239 g/mol. The molecule has 2 rings (SSSR count). The average Bonchev–Trinajstić information content (AvgIpc) is 2.41. The second-order valence-electron chi connectivity index (χ2n) is 6.87. The first-order chi connectivity index (χ1) is 7.99. The third kappa shape index (κ3) is 3.23. The van der Waals surface area contributed by atoms with Crippen LogP contribution in [0.15, 0.2) is 0 Å². The van der Waals surface area contributed by atoms with Gasteiger partial charge in [0, 0.05) is 6.54 Å². The van der Waals surface area contributed by atoms with Crippen LogP contribution < -0.4 is 0 Å². The lowest BCUT2D eigenvalue weighted by Crippen LogP contribution is -2.42. The quantitative estimate of drug-likeness (QED) is 0.760. The van der Waals surface area contributed by atoms with Crippen LogP contribution in [0.4, 0.5) is 0 Å². The lowest BCUT2D eigenvalue weighted by molar-refractivity contribution is -0.0585. The van der Waals surface area contributed by atoms with Crippen molar-refractivity contribution in [2.24, 2.45) is 17.8 Å². The lowest BCUT2D eigenvalue weighted by atomic mass is 9.67. The zero-order valence-corrected chi connectivity index (χ0v) is 11.8. The Bertz CT molecular complexity index is 245. The topological polar surface area (TPSA) is 23.5 Å². The Morgan fingerprint density at radius 1 is 1.00 bits per heavy atom. The molecule has 1 N–H and O–H groups in total. The van der Waals surface area contributed by atoms with Gasteiger partial charge in [0.15, 0.2) is 0 Å². The third-order valence-corrected chi connectivity index (χ3v) is 5.01. The Morgan fingerprint density at radius 2 is 1.65 bits per heavy atom. The van der Waals surface area contributed by atoms with Crippen LogP contribution >= 0.6 is 0 Å². The Hall–Kier alpha value is -0.0800. The van der Waals surface area contributed by atoms with Gasteiger partial charge in [-0.25, -0.2) is 0 Å². The maximum absolute atomic E-state index is 11.0. The van der Waals surface area contributed by atoms with E-state index in [2.05, 4.69) is 25.8 Å². The predicted molar refractivity (Wildman–Crippen MR) is 72.0 cm³/mol. The Labute approximate surface area is 106 Å². The molecule has 2 aliphatic rings. The standard InChI is InChI=1S/C15H29NO/c1-12-9-13(2)11-14(10-12)15(17)5-4-7-16(3)8-6-15/h12-14,17H,4-11H2,1-3H3. The first kappa shape index (κ1) is 13.4. The van der Waals surface area contributed by atoms with E-state index < -0.39 is 0 Å². The van der Waals surface area contributed by atoms with Crippen LogP contribution in [-0.4, -0.2) is 35.7 Å². The van der Waals surface area contributed by atoms with Crippen LogP contribution in [0.2, 0.25) is 0 Å². The zero-order valence-electron chi connectivity index (χ0n) is 11.8. The maximum Gasteiger partial charge on any atom is 0.0688 e. The summed E-state index contributed by atoms with van der Waals surface area (Å²) in [6.45, 7) is 6.93. The second-order valence-corrected chi connectivity index (χ2v) is 6.87. The third-order valence-electron chi connectivity index (χ3n) is 5.01. The summed E-state index contributed by atoms with van der Waals surface area (Å²) in [5.74, 6) is 2.15. The van der Waals surface area contributed by atoms with Crippen LogP contribution in [0, 0.1) is 17.8 Å². The maximum atomic E-state index is 11.0. The SMILES string of the molecule is CC1CC(C)CC(C2(O)CCCN(C)CC2)C1. The zero-order chi connectivity index (χ0) is 12.5. The van der Waals surface area contributed by atoms with Gasteiger partial charge in [-0.15, -0.1) is 0 Å². The number of hydrogen-bond acceptors (Lipinski definition) is 2. The number of aliphatic hydroxyl groups is 1. The highest BCUT2D eigenvalue weighted by molar-refractivity contribution is 4.92. The summed E-state index contributed by atoms with van der Waals surface area (Å²) in [7, 11) is 2.18. The van der Waals surface area contributed by atoms with Crippen molar-refractivity contribution in [2.45, 2.75) is 58.0 Å². The summed E-state index contributed by atoms with van der Waals surface area (Å²) in [5, 5.41) is 11.0. The van der Waals surface area contributed by atoms with Crippen molar-refractivity contribution < 1.29 is 5.11 Å². The van der Waals surface area contributed by atoms with Gasteiger partial charge >= 0.3 is 0 Å². The molecule has 2 heteroatoms. The highest BCUT2D eigenvalue weighted by Gasteiger charge is 2.40. The van der Waals surface area contributed by atoms with Gasteiger partial charge in [0.1, 0.15) is 0 Å². The molecule has 100 valence electrons. The Kier molecular flexibility index (Phi) is 4.14. The van der Waals surface area contributed by atoms with Crippen molar-refractivity contribution in [3.8, 4) is 0 Å². The molecule has 3 atom stereocenters. The minimum atomic E-state index is -0.367. The molecule has 1 saturated carbocycles. The molecule has 0 amide bonds. The molecule has 3 unspecified atom stereocenters. The van der Waals surface area contributed by atoms with Crippen LogP contribution in [0.5, 0.6) is 0 Å². The van der Waals surface area contributed by atoms with E-state index in [4.69, 9.17) is 0 Å². The first-order valence-corrected chi connectivity index (χ1v) is 7.40. The van der Waals surface area contributed by atoms with Crippen molar-refractivity contribution in [2.75, 3.05) is 20.1 Å². The molecule has 0 spiro atoms. The van der Waals surface area contributed by atoms with Gasteiger partial charge in [-0.3, -0.25) is 0 Å². The van der Waals surface area contributed by atoms with Gasteiger partial charge in [-0.1, -0.05) is 13.8 Å². The average molecular weight is 239 g/mol. The molecule has 0 aromatic heterocycles. The molecular formula is C15H29NO. The molecule has 0 bridgehead atoms. The van der Waals surface area contributed by atoms with Crippen molar-refractivity contribution in [1.82, 2.24) is 4.90 Å². The first-order valence-electron chi connectivity index (χ1n) is 7.40. The fraction of sp³-hybridized carbons (Fsp3) is 1.00. The van der Waals surface area contributed by atoms with Crippen LogP contribution in [0.25, 0.3) is 0 Å². The number of rotatable bonds is 1. The van der Waals surface area contributed by atoms with Crippen molar-refractivity contribution >= 4 is 0 Å². The molecule has 0 aromatic rings. The fourth-order valence-electron chi connectivity index (χ4n) is 4.07. The fourth-order valence-corrected chi connectivity index (χ4v) is 4.07. The summed E-state index contributed by atoms with van der Waals surface area (Å²) in [5.41, 5.74) is -0.367. The van der Waals surface area contributed by atoms with E-state index in [0.29, 0.717) is 5.92 Å². The van der Waals surface area contributed by atoms with Gasteiger partial charge in [-0.2, -0.15) is 0 Å². The van der Waals surface area contributed by atoms with Crippen LogP contribution in [0.1, 0.15) is 52.4 Å². The molecule has 1 aliphatic heterocycles. The predicted octanol–water partition coefficient (Wildman–Crippen LogP) is 2.91. The molecule has 1 saturated heterocycles. The summed E-state index contributed by atoms with van der Waals surface area (Å²) in [4.78, 5) is 2.37. The van der Waals surface area contributed by atoms with E-state index in [-0.39, 0.29) is 5.60 Å². The van der Waals surface area contributed by atoms with E-state index in [0.717, 1.165) is 44.2 Å². The van der Waals surface area contributed by atoms with Gasteiger partial charge in [-0.05, 0) is 69.9 Å².